The molecule has 0 unspecified atom stereocenters. The van der Waals surface area contributed by atoms with Crippen molar-refractivity contribution in [2.75, 3.05) is 30.5 Å². The molecule has 0 aliphatic rings. The minimum Gasteiger partial charge on any atom is -0.492 e. The number of aryl methyl sites for hydroxylation is 1. The van der Waals surface area contributed by atoms with Gasteiger partial charge in [-0.3, -0.25) is 9.78 Å². The Morgan fingerprint density at radius 1 is 1.30 bits per heavy atom. The molecule has 0 atom stereocenters. The van der Waals surface area contributed by atoms with E-state index in [1.807, 2.05) is 6.92 Å². The Morgan fingerprint density at radius 2 is 2.15 bits per heavy atom. The molecule has 0 spiro atoms. The van der Waals surface area contributed by atoms with Crippen molar-refractivity contribution in [2.45, 2.75) is 20.0 Å². The Morgan fingerprint density at radius 3 is 2.90 bits per heavy atom. The summed E-state index contributed by atoms with van der Waals surface area (Å²) in [5.74, 6) is -0.567. The molecule has 1 amide bonds. The molecular weight excluding hydrogens is 541 g/mol. The molecule has 10 nitrogen and oxygen atoms in total. The molecule has 0 bridgehead atoms. The van der Waals surface area contributed by atoms with Gasteiger partial charge in [-0.25, -0.2) is 13.5 Å². The van der Waals surface area contributed by atoms with Crippen LogP contribution in [0, 0.1) is 17.1 Å². The van der Waals surface area contributed by atoms with Crippen LogP contribution >= 0.6 is 11.6 Å². The number of nitrogens with one attached hydrogen (secondary N) is 3. The highest BCUT2D eigenvalue weighted by Gasteiger charge is 2.15. The molecule has 206 valence electrons. The molecule has 0 aliphatic heterocycles. The number of rotatable bonds is 12. The molecule has 2 aromatic heterocycles. The normalized spacial score (nSPS) is 11.1. The van der Waals surface area contributed by atoms with Crippen LogP contribution in [-0.4, -0.2) is 45.7 Å². The summed E-state index contributed by atoms with van der Waals surface area (Å²) in [7, 11) is 0. The monoisotopic (exact) mass is 565 g/mol. The molecule has 40 heavy (non-hydrogen) atoms. The fraction of sp³-hybridized carbons (Fsp3) is 0.222. The summed E-state index contributed by atoms with van der Waals surface area (Å²) >= 11 is 5.93. The highest BCUT2D eigenvalue weighted by atomic mass is 35.5. The van der Waals surface area contributed by atoms with Gasteiger partial charge in [0, 0.05) is 48.7 Å². The Hall–Kier alpha value is -4.60. The molecule has 2 aromatic carbocycles. The number of aromatic nitrogens is 4. The second-order valence-corrected chi connectivity index (χ2v) is 8.80. The van der Waals surface area contributed by atoms with E-state index in [0.717, 1.165) is 0 Å². The zero-order valence-electron chi connectivity index (χ0n) is 21.4. The van der Waals surface area contributed by atoms with E-state index in [1.54, 1.807) is 24.4 Å². The van der Waals surface area contributed by atoms with Gasteiger partial charge in [-0.1, -0.05) is 22.9 Å². The number of carbonyl (C=O) groups excluding carboxylic acids is 1. The Kier molecular flexibility index (Phi) is 9.56. The molecule has 4 rings (SSSR count). The van der Waals surface area contributed by atoms with Crippen molar-refractivity contribution >= 4 is 45.5 Å². The number of hydrogen-bond acceptors (Lipinski definition) is 8. The molecule has 0 fully saturated rings. The second-order valence-electron chi connectivity index (χ2n) is 8.40. The van der Waals surface area contributed by atoms with Gasteiger partial charge >= 0.3 is 0 Å². The van der Waals surface area contributed by atoms with Crippen molar-refractivity contribution in [1.29, 1.82) is 5.26 Å². The van der Waals surface area contributed by atoms with Crippen LogP contribution in [0.3, 0.4) is 0 Å². The molecule has 4 aromatic rings. The lowest BCUT2D eigenvalue weighted by Gasteiger charge is -2.16. The van der Waals surface area contributed by atoms with Gasteiger partial charge in [-0.05, 0) is 31.2 Å². The number of fused-ring (bicyclic) bond motifs is 1. The summed E-state index contributed by atoms with van der Waals surface area (Å²) in [6, 6.07) is 9.55. The fourth-order valence-corrected chi connectivity index (χ4v) is 3.95. The summed E-state index contributed by atoms with van der Waals surface area (Å²) in [5, 5.41) is 26.9. The van der Waals surface area contributed by atoms with Crippen molar-refractivity contribution in [3.05, 3.63) is 77.0 Å². The van der Waals surface area contributed by atoms with Crippen LogP contribution in [0.5, 0.6) is 5.75 Å². The van der Waals surface area contributed by atoms with Gasteiger partial charge in [0.1, 0.15) is 24.3 Å². The van der Waals surface area contributed by atoms with Gasteiger partial charge < -0.3 is 20.7 Å². The van der Waals surface area contributed by atoms with Crippen LogP contribution in [0.4, 0.5) is 25.8 Å². The standard InChI is InChI=1S/C27H25ClF2N8O2/c1-2-40-25-12-23-20(27(17(13-31)14-33-23)34-18-5-6-22(30)21(28)10-18)11-24(25)35-26(39)4-3-8-32-15-19-16-38(9-7-29)37-36-19/h3-6,10-12,14,16,32H,2,7-9,15H2,1H3,(H,33,34)(H,35,39)/b4-3+/i29-1. The van der Waals surface area contributed by atoms with E-state index >= 15 is 0 Å². The maximum Gasteiger partial charge on any atom is 0.248 e. The highest BCUT2D eigenvalue weighted by Crippen LogP contribution is 2.36. The number of nitriles is 1. The summed E-state index contributed by atoms with van der Waals surface area (Å²) in [5.41, 5.74) is 2.66. The third-order valence-corrected chi connectivity index (χ3v) is 5.86. The van der Waals surface area contributed by atoms with Crippen LogP contribution in [-0.2, 0) is 17.9 Å². The van der Waals surface area contributed by atoms with Crippen molar-refractivity contribution in [3.8, 4) is 11.8 Å². The average Bonchev–Trinajstić information content (AvgIpc) is 3.39. The van der Waals surface area contributed by atoms with Gasteiger partial charge in [-0.15, -0.1) is 5.10 Å². The summed E-state index contributed by atoms with van der Waals surface area (Å²) in [6.07, 6.45) is 6.08. The zero-order valence-corrected chi connectivity index (χ0v) is 22.2. The average molecular weight is 566 g/mol. The van der Waals surface area contributed by atoms with Crippen LogP contribution in [0.25, 0.3) is 10.9 Å². The minimum atomic E-state index is -0.566. The summed E-state index contributed by atoms with van der Waals surface area (Å²) in [4.78, 5) is 17.1. The molecule has 0 radical (unpaired) electrons. The van der Waals surface area contributed by atoms with Crippen molar-refractivity contribution in [3.63, 3.8) is 0 Å². The van der Waals surface area contributed by atoms with Crippen LogP contribution < -0.4 is 20.7 Å². The molecule has 0 aliphatic carbocycles. The first-order valence-corrected chi connectivity index (χ1v) is 12.6. The summed E-state index contributed by atoms with van der Waals surface area (Å²) in [6.45, 7) is 2.57. The van der Waals surface area contributed by atoms with Gasteiger partial charge in [0.2, 0.25) is 5.91 Å². The third-order valence-electron chi connectivity index (χ3n) is 5.57. The number of nitrogens with zero attached hydrogens (tertiary/aromatic N) is 5. The lowest BCUT2D eigenvalue weighted by Crippen LogP contribution is -2.15. The van der Waals surface area contributed by atoms with Gasteiger partial charge in [-0.2, -0.15) is 5.26 Å². The van der Waals surface area contributed by atoms with Crippen molar-refractivity contribution in [2.24, 2.45) is 0 Å². The number of benzene rings is 2. The number of halogens is 3. The fourth-order valence-electron chi connectivity index (χ4n) is 3.77. The molecule has 2 heterocycles. The second kappa shape index (κ2) is 13.5. The number of carbonyl (C=O) groups is 1. The van der Waals surface area contributed by atoms with E-state index in [2.05, 4.69) is 37.3 Å². The number of amides is 1. The molecule has 3 N–H and O–H groups in total. The first kappa shape index (κ1) is 28.4. The number of ether oxygens (including phenoxy) is 1. The largest absolute Gasteiger partial charge is 0.492 e. The van der Waals surface area contributed by atoms with Crippen molar-refractivity contribution in [1.82, 2.24) is 25.3 Å². The Labute approximate surface area is 233 Å². The molecule has 13 heteroatoms. The van der Waals surface area contributed by atoms with Gasteiger partial charge in [0.05, 0.1) is 46.3 Å². The predicted molar refractivity (Wildman–Crippen MR) is 148 cm³/mol. The SMILES string of the molecule is CCOc1cc2ncc(C#N)c(Nc3ccc(F)c(Cl)c3)c2cc1NC(=O)/C=C/CNCc1cn(CC[18F])nn1. The lowest BCUT2D eigenvalue weighted by atomic mass is 10.1. The predicted octanol–water partition coefficient (Wildman–Crippen LogP) is 4.89. The first-order chi connectivity index (χ1) is 19.4. The van der Waals surface area contributed by atoms with Gasteiger partial charge in [0.25, 0.3) is 0 Å². The maximum atomic E-state index is 13.7. The number of alkyl halides is 1. The molecular formula is C27H25ClF2N8O2. The zero-order chi connectivity index (χ0) is 28.5. The lowest BCUT2D eigenvalue weighted by molar-refractivity contribution is -0.111. The van der Waals surface area contributed by atoms with E-state index in [0.29, 0.717) is 59.1 Å². The van der Waals surface area contributed by atoms with E-state index in [1.165, 1.54) is 35.2 Å². The Bertz CT molecular complexity index is 1590. The number of pyridine rings is 1. The molecule has 0 saturated heterocycles. The van der Waals surface area contributed by atoms with Crippen LogP contribution in [0.2, 0.25) is 5.02 Å². The number of hydrogen-bond donors (Lipinski definition) is 3. The smallest absolute Gasteiger partial charge is 0.248 e. The van der Waals surface area contributed by atoms with E-state index < -0.39 is 18.4 Å². The topological polar surface area (TPSA) is 130 Å². The maximum absolute atomic E-state index is 13.7. The van der Waals surface area contributed by atoms with Crippen molar-refractivity contribution < 1.29 is 18.3 Å². The van der Waals surface area contributed by atoms with Gasteiger partial charge in [0.15, 0.2) is 0 Å². The minimum absolute atomic E-state index is 0.0714. The van der Waals surface area contributed by atoms with Crippen LogP contribution in [0.15, 0.2) is 54.9 Å². The quantitative estimate of drug-likeness (QED) is 0.164. The summed E-state index contributed by atoms with van der Waals surface area (Å²) < 4.78 is 33.2. The van der Waals surface area contributed by atoms with E-state index in [-0.39, 0.29) is 17.1 Å². The first-order valence-electron chi connectivity index (χ1n) is 12.3. The van der Waals surface area contributed by atoms with Crippen LogP contribution in [0.1, 0.15) is 18.2 Å². The van der Waals surface area contributed by atoms with E-state index in [9.17, 15) is 18.8 Å². The van der Waals surface area contributed by atoms with E-state index in [4.69, 9.17) is 16.3 Å². The highest BCUT2D eigenvalue weighted by molar-refractivity contribution is 6.31. The number of anilines is 3. The molecule has 0 saturated carbocycles. The third kappa shape index (κ3) is 7.07. The Balaban J connectivity index is 1.52.